The molecule has 3 aromatic rings. The number of fused-ring (bicyclic) bond motifs is 1. The first-order valence-corrected chi connectivity index (χ1v) is 8.29. The van der Waals surface area contributed by atoms with Gasteiger partial charge in [-0.2, -0.15) is 0 Å². The average Bonchev–Trinajstić information content (AvgIpc) is 2.61. The molecule has 26 heavy (non-hydrogen) atoms. The van der Waals surface area contributed by atoms with Crippen molar-refractivity contribution in [2.24, 2.45) is 0 Å². The molecule has 0 fully saturated rings. The maximum Gasteiger partial charge on any atom is 0.343 e. The highest BCUT2D eigenvalue weighted by Gasteiger charge is 2.23. The Labute approximate surface area is 154 Å². The maximum atomic E-state index is 13.8. The monoisotopic (exact) mass is 371 g/mol. The van der Waals surface area contributed by atoms with Crippen molar-refractivity contribution >= 4 is 39.9 Å². The van der Waals surface area contributed by atoms with Crippen molar-refractivity contribution in [1.29, 1.82) is 0 Å². The van der Waals surface area contributed by atoms with Gasteiger partial charge in [0.15, 0.2) is 6.10 Å². The van der Waals surface area contributed by atoms with Crippen molar-refractivity contribution in [3.8, 4) is 0 Å². The van der Waals surface area contributed by atoms with Crippen LogP contribution in [0, 0.1) is 5.82 Å². The normalized spacial score (nSPS) is 11.8. The molecule has 4 nitrogen and oxygen atoms in total. The fourth-order valence-electron chi connectivity index (χ4n) is 2.53. The van der Waals surface area contributed by atoms with E-state index in [0.717, 1.165) is 16.8 Å². The van der Waals surface area contributed by atoms with Gasteiger partial charge in [-0.1, -0.05) is 54.1 Å². The molecule has 6 heteroatoms. The highest BCUT2D eigenvalue weighted by Crippen LogP contribution is 2.24. The van der Waals surface area contributed by atoms with Crippen LogP contribution in [0.3, 0.4) is 0 Å². The summed E-state index contributed by atoms with van der Waals surface area (Å²) in [5.74, 6) is -2.32. The smallest absolute Gasteiger partial charge is 0.343 e. The summed E-state index contributed by atoms with van der Waals surface area (Å²) in [4.78, 5) is 24.5. The van der Waals surface area contributed by atoms with Gasteiger partial charge in [0.2, 0.25) is 0 Å². The van der Waals surface area contributed by atoms with E-state index in [4.69, 9.17) is 16.3 Å². The molecule has 0 spiro atoms. The number of hydrogen-bond acceptors (Lipinski definition) is 3. The number of carbonyl (C=O) groups excluding carboxylic acids is 2. The van der Waals surface area contributed by atoms with Crippen LogP contribution in [0.2, 0.25) is 5.02 Å². The SMILES string of the molecule is C[C@@H](OC(=O)c1c(F)cccc1Cl)C(=O)Nc1cccc2ccccc12. The van der Waals surface area contributed by atoms with E-state index in [0.29, 0.717) is 5.69 Å². The third-order valence-electron chi connectivity index (χ3n) is 3.87. The lowest BCUT2D eigenvalue weighted by Crippen LogP contribution is -2.30. The molecule has 1 amide bonds. The number of halogens is 2. The third kappa shape index (κ3) is 3.68. The van der Waals surface area contributed by atoms with Crippen LogP contribution in [0.4, 0.5) is 10.1 Å². The van der Waals surface area contributed by atoms with E-state index in [2.05, 4.69) is 5.32 Å². The first-order valence-electron chi connectivity index (χ1n) is 7.91. The molecule has 0 aliphatic carbocycles. The molecule has 0 radical (unpaired) electrons. The summed E-state index contributed by atoms with van der Waals surface area (Å²) in [7, 11) is 0. The zero-order valence-corrected chi connectivity index (χ0v) is 14.6. The Balaban J connectivity index is 1.75. The minimum atomic E-state index is -1.13. The van der Waals surface area contributed by atoms with Gasteiger partial charge in [0.25, 0.3) is 5.91 Å². The van der Waals surface area contributed by atoms with E-state index < -0.39 is 23.8 Å². The number of carbonyl (C=O) groups is 2. The predicted octanol–water partition coefficient (Wildman–Crippen LogP) is 4.82. The molecule has 0 saturated heterocycles. The quantitative estimate of drug-likeness (QED) is 0.669. The van der Waals surface area contributed by atoms with Crippen molar-refractivity contribution in [3.63, 3.8) is 0 Å². The molecule has 3 rings (SSSR count). The molecule has 0 saturated carbocycles. The number of hydrogen-bond donors (Lipinski definition) is 1. The van der Waals surface area contributed by atoms with Gasteiger partial charge in [0, 0.05) is 11.1 Å². The molecule has 0 heterocycles. The van der Waals surface area contributed by atoms with Crippen LogP contribution in [-0.4, -0.2) is 18.0 Å². The highest BCUT2D eigenvalue weighted by molar-refractivity contribution is 6.33. The Morgan fingerprint density at radius 1 is 1.04 bits per heavy atom. The third-order valence-corrected chi connectivity index (χ3v) is 4.18. The van der Waals surface area contributed by atoms with E-state index >= 15 is 0 Å². The minimum Gasteiger partial charge on any atom is -0.449 e. The molecule has 1 N–H and O–H groups in total. The summed E-state index contributed by atoms with van der Waals surface area (Å²) in [5.41, 5.74) is 0.207. The maximum absolute atomic E-state index is 13.8. The Morgan fingerprint density at radius 3 is 2.50 bits per heavy atom. The Morgan fingerprint density at radius 2 is 1.73 bits per heavy atom. The molecule has 0 aromatic heterocycles. The fourth-order valence-corrected chi connectivity index (χ4v) is 2.77. The number of esters is 1. The van der Waals surface area contributed by atoms with E-state index in [-0.39, 0.29) is 10.6 Å². The van der Waals surface area contributed by atoms with Gasteiger partial charge < -0.3 is 10.1 Å². The standard InChI is InChI=1S/C20H15ClFNO3/c1-12(26-20(25)18-15(21)9-5-10-16(18)22)19(24)23-17-11-4-7-13-6-2-3-8-14(13)17/h2-12H,1H3,(H,23,24)/t12-/m1/s1. The Bertz CT molecular complexity index is 964. The second-order valence-electron chi connectivity index (χ2n) is 5.66. The van der Waals surface area contributed by atoms with E-state index in [1.165, 1.54) is 19.1 Å². The molecular formula is C20H15ClFNO3. The van der Waals surface area contributed by atoms with Crippen LogP contribution in [0.15, 0.2) is 60.7 Å². The average molecular weight is 372 g/mol. The molecule has 3 aromatic carbocycles. The zero-order valence-electron chi connectivity index (χ0n) is 13.8. The summed E-state index contributed by atoms with van der Waals surface area (Å²) in [5, 5.41) is 4.48. The summed E-state index contributed by atoms with van der Waals surface area (Å²) >= 11 is 5.84. The van der Waals surface area contributed by atoms with E-state index in [1.807, 2.05) is 36.4 Å². The predicted molar refractivity (Wildman–Crippen MR) is 98.9 cm³/mol. The summed E-state index contributed by atoms with van der Waals surface area (Å²) in [6.45, 7) is 1.41. The molecule has 0 unspecified atom stereocenters. The van der Waals surface area contributed by atoms with Gasteiger partial charge in [0.05, 0.1) is 5.02 Å². The number of nitrogens with one attached hydrogen (secondary N) is 1. The topological polar surface area (TPSA) is 55.4 Å². The number of ether oxygens (including phenoxy) is 1. The number of anilines is 1. The van der Waals surface area contributed by atoms with E-state index in [1.54, 1.807) is 6.07 Å². The second-order valence-corrected chi connectivity index (χ2v) is 6.07. The summed E-state index contributed by atoms with van der Waals surface area (Å²) in [6.07, 6.45) is -1.13. The summed E-state index contributed by atoms with van der Waals surface area (Å²) < 4.78 is 18.9. The highest BCUT2D eigenvalue weighted by atomic mass is 35.5. The van der Waals surface area contributed by atoms with E-state index in [9.17, 15) is 14.0 Å². The lowest BCUT2D eigenvalue weighted by atomic mass is 10.1. The lowest BCUT2D eigenvalue weighted by Gasteiger charge is -2.15. The van der Waals surface area contributed by atoms with Gasteiger partial charge in [-0.3, -0.25) is 4.79 Å². The van der Waals surface area contributed by atoms with Gasteiger partial charge in [-0.15, -0.1) is 0 Å². The van der Waals surface area contributed by atoms with Crippen molar-refractivity contribution in [2.45, 2.75) is 13.0 Å². The van der Waals surface area contributed by atoms with Crippen LogP contribution in [0.25, 0.3) is 10.8 Å². The van der Waals surface area contributed by atoms with Crippen molar-refractivity contribution in [3.05, 3.63) is 77.1 Å². The van der Waals surface area contributed by atoms with Crippen molar-refractivity contribution < 1.29 is 18.7 Å². The zero-order chi connectivity index (χ0) is 18.7. The second kappa shape index (κ2) is 7.54. The molecule has 0 bridgehead atoms. The molecular weight excluding hydrogens is 357 g/mol. The summed E-state index contributed by atoms with van der Waals surface area (Å²) in [6, 6.07) is 16.9. The number of benzene rings is 3. The van der Waals surface area contributed by atoms with Crippen LogP contribution in [0.1, 0.15) is 17.3 Å². The fraction of sp³-hybridized carbons (Fsp3) is 0.100. The molecule has 0 aliphatic heterocycles. The van der Waals surface area contributed by atoms with Gasteiger partial charge in [-0.05, 0) is 30.5 Å². The molecule has 0 aliphatic rings. The number of amides is 1. The first kappa shape index (κ1) is 17.9. The van der Waals surface area contributed by atoms with Crippen molar-refractivity contribution in [2.75, 3.05) is 5.32 Å². The largest absolute Gasteiger partial charge is 0.449 e. The molecule has 132 valence electrons. The van der Waals surface area contributed by atoms with Crippen LogP contribution in [-0.2, 0) is 9.53 Å². The van der Waals surface area contributed by atoms with Gasteiger partial charge in [0.1, 0.15) is 11.4 Å². The van der Waals surface area contributed by atoms with Gasteiger partial charge in [-0.25, -0.2) is 9.18 Å². The van der Waals surface area contributed by atoms with Crippen molar-refractivity contribution in [1.82, 2.24) is 0 Å². The first-order chi connectivity index (χ1) is 12.5. The van der Waals surface area contributed by atoms with Gasteiger partial charge >= 0.3 is 5.97 Å². The lowest BCUT2D eigenvalue weighted by molar-refractivity contribution is -0.123. The van der Waals surface area contributed by atoms with Crippen LogP contribution in [0.5, 0.6) is 0 Å². The Kier molecular flexibility index (Phi) is 5.19. The minimum absolute atomic E-state index is 0.0725. The van der Waals surface area contributed by atoms with Crippen LogP contribution < -0.4 is 5.32 Å². The molecule has 1 atom stereocenters. The van der Waals surface area contributed by atoms with Crippen LogP contribution >= 0.6 is 11.6 Å². The number of rotatable bonds is 4. The Hall–Kier alpha value is -2.92.